The van der Waals surface area contributed by atoms with Gasteiger partial charge in [0.2, 0.25) is 0 Å². The lowest BCUT2D eigenvalue weighted by molar-refractivity contribution is -0.150. The van der Waals surface area contributed by atoms with Crippen LogP contribution in [0.3, 0.4) is 0 Å². The summed E-state index contributed by atoms with van der Waals surface area (Å²) in [6.07, 6.45) is 30.7. The van der Waals surface area contributed by atoms with Crippen molar-refractivity contribution in [1.82, 2.24) is 0 Å². The number of carbonyl (C=O) groups is 1. The van der Waals surface area contributed by atoms with E-state index in [-0.39, 0.29) is 11.9 Å². The first-order valence-corrected chi connectivity index (χ1v) is 15.9. The smallest absolute Gasteiger partial charge is 0.308 e. The maximum atomic E-state index is 13.1. The minimum Gasteiger partial charge on any atom is -0.465 e. The number of rotatable bonds is 27. The van der Waals surface area contributed by atoms with E-state index in [4.69, 9.17) is 4.74 Å². The fourth-order valence-electron chi connectivity index (χ4n) is 5.06. The van der Waals surface area contributed by atoms with Crippen molar-refractivity contribution in [2.45, 2.75) is 182 Å². The van der Waals surface area contributed by atoms with Gasteiger partial charge in [0.05, 0.1) is 12.5 Å². The SMILES string of the molecule is CCCCCCCCCCC(CCCCCCCC)C(=O)OCC(CCCC)CCCCCC. The van der Waals surface area contributed by atoms with E-state index < -0.39 is 0 Å². The summed E-state index contributed by atoms with van der Waals surface area (Å²) in [6, 6.07) is 0. The molecule has 0 aliphatic carbocycles. The summed E-state index contributed by atoms with van der Waals surface area (Å²) in [4.78, 5) is 13.1. The Hall–Kier alpha value is -0.530. The zero-order chi connectivity index (χ0) is 25.1. The molecule has 2 atom stereocenters. The van der Waals surface area contributed by atoms with Crippen molar-refractivity contribution in [2.24, 2.45) is 11.8 Å². The molecule has 0 aromatic rings. The lowest BCUT2D eigenvalue weighted by Crippen LogP contribution is -2.22. The van der Waals surface area contributed by atoms with E-state index in [1.165, 1.54) is 141 Å². The van der Waals surface area contributed by atoms with E-state index in [9.17, 15) is 4.79 Å². The third-order valence-electron chi connectivity index (χ3n) is 7.54. The molecule has 0 N–H and O–H groups in total. The summed E-state index contributed by atoms with van der Waals surface area (Å²) in [5.74, 6) is 0.823. The second-order valence-corrected chi connectivity index (χ2v) is 11.0. The van der Waals surface area contributed by atoms with E-state index in [0.29, 0.717) is 12.5 Å². The molecular weight excluding hydrogens is 416 g/mol. The van der Waals surface area contributed by atoms with Crippen molar-refractivity contribution < 1.29 is 9.53 Å². The molecular formula is C32H64O2. The molecule has 0 spiro atoms. The van der Waals surface area contributed by atoms with Gasteiger partial charge < -0.3 is 4.74 Å². The van der Waals surface area contributed by atoms with Crippen molar-refractivity contribution >= 4 is 5.97 Å². The second kappa shape index (κ2) is 27.1. The predicted molar refractivity (Wildman–Crippen MR) is 151 cm³/mol. The molecule has 2 heteroatoms. The first-order valence-electron chi connectivity index (χ1n) is 15.9. The largest absolute Gasteiger partial charge is 0.465 e. The third kappa shape index (κ3) is 22.0. The first-order chi connectivity index (χ1) is 16.7. The molecule has 0 heterocycles. The highest BCUT2D eigenvalue weighted by atomic mass is 16.5. The van der Waals surface area contributed by atoms with Crippen LogP contribution >= 0.6 is 0 Å². The minimum atomic E-state index is 0.117. The van der Waals surface area contributed by atoms with Crippen LogP contribution < -0.4 is 0 Å². The molecule has 0 aromatic heterocycles. The molecule has 0 amide bonds. The van der Waals surface area contributed by atoms with E-state index in [0.717, 1.165) is 12.8 Å². The summed E-state index contributed by atoms with van der Waals surface area (Å²) in [5.41, 5.74) is 0. The van der Waals surface area contributed by atoms with Gasteiger partial charge in [-0.3, -0.25) is 4.79 Å². The van der Waals surface area contributed by atoms with Gasteiger partial charge in [-0.25, -0.2) is 0 Å². The van der Waals surface area contributed by atoms with Crippen molar-refractivity contribution in [3.8, 4) is 0 Å². The Morgan fingerprint density at radius 3 is 1.29 bits per heavy atom. The van der Waals surface area contributed by atoms with E-state index in [1.54, 1.807) is 0 Å². The zero-order valence-corrected chi connectivity index (χ0v) is 24.1. The predicted octanol–water partition coefficient (Wildman–Crippen LogP) is 11.2. The number of ether oxygens (including phenoxy) is 1. The molecule has 0 aliphatic heterocycles. The van der Waals surface area contributed by atoms with Gasteiger partial charge in [0, 0.05) is 0 Å². The molecule has 0 saturated carbocycles. The monoisotopic (exact) mass is 480 g/mol. The summed E-state index contributed by atoms with van der Waals surface area (Å²) in [7, 11) is 0. The van der Waals surface area contributed by atoms with Crippen LogP contribution in [0, 0.1) is 11.8 Å². The number of hydrogen-bond donors (Lipinski definition) is 0. The molecule has 2 unspecified atom stereocenters. The number of esters is 1. The van der Waals surface area contributed by atoms with Crippen molar-refractivity contribution in [1.29, 1.82) is 0 Å². The molecule has 0 fully saturated rings. The highest BCUT2D eigenvalue weighted by molar-refractivity contribution is 5.72. The van der Waals surface area contributed by atoms with Gasteiger partial charge in [-0.1, -0.05) is 156 Å². The van der Waals surface area contributed by atoms with Crippen LogP contribution in [-0.4, -0.2) is 12.6 Å². The molecule has 204 valence electrons. The van der Waals surface area contributed by atoms with Crippen LogP contribution in [0.25, 0.3) is 0 Å². The fraction of sp³-hybridized carbons (Fsp3) is 0.969. The fourth-order valence-corrected chi connectivity index (χ4v) is 5.06. The lowest BCUT2D eigenvalue weighted by atomic mass is 9.93. The average Bonchev–Trinajstić information content (AvgIpc) is 2.85. The maximum absolute atomic E-state index is 13.1. The highest BCUT2D eigenvalue weighted by Crippen LogP contribution is 2.23. The molecule has 0 aromatic carbocycles. The Labute approximate surface area is 215 Å². The van der Waals surface area contributed by atoms with Crippen LogP contribution in [0.15, 0.2) is 0 Å². The Morgan fingerprint density at radius 2 is 0.824 bits per heavy atom. The van der Waals surface area contributed by atoms with Gasteiger partial charge >= 0.3 is 5.97 Å². The summed E-state index contributed by atoms with van der Waals surface area (Å²) >= 11 is 0. The van der Waals surface area contributed by atoms with E-state index in [1.807, 2.05) is 0 Å². The Morgan fingerprint density at radius 1 is 0.471 bits per heavy atom. The average molecular weight is 481 g/mol. The molecule has 0 aliphatic rings. The normalized spacial score (nSPS) is 13.2. The number of unbranched alkanes of at least 4 members (excludes halogenated alkanes) is 16. The first kappa shape index (κ1) is 33.5. The van der Waals surface area contributed by atoms with Gasteiger partial charge in [-0.2, -0.15) is 0 Å². The van der Waals surface area contributed by atoms with Crippen molar-refractivity contribution in [3.05, 3.63) is 0 Å². The van der Waals surface area contributed by atoms with Crippen LogP contribution in [0.5, 0.6) is 0 Å². The topological polar surface area (TPSA) is 26.3 Å². The Balaban J connectivity index is 4.46. The summed E-state index contributed by atoms with van der Waals surface area (Å²) in [6.45, 7) is 9.75. The molecule has 0 bridgehead atoms. The summed E-state index contributed by atoms with van der Waals surface area (Å²) in [5, 5.41) is 0. The number of carbonyl (C=O) groups excluding carboxylic acids is 1. The number of hydrogen-bond acceptors (Lipinski definition) is 2. The Kier molecular flexibility index (Phi) is 26.6. The molecule has 0 radical (unpaired) electrons. The van der Waals surface area contributed by atoms with E-state index in [2.05, 4.69) is 27.7 Å². The van der Waals surface area contributed by atoms with Gasteiger partial charge in [-0.15, -0.1) is 0 Å². The van der Waals surface area contributed by atoms with Crippen LogP contribution in [-0.2, 0) is 9.53 Å². The molecule has 2 nitrogen and oxygen atoms in total. The van der Waals surface area contributed by atoms with E-state index >= 15 is 0 Å². The second-order valence-electron chi connectivity index (χ2n) is 11.0. The maximum Gasteiger partial charge on any atom is 0.308 e. The lowest BCUT2D eigenvalue weighted by Gasteiger charge is -2.20. The summed E-state index contributed by atoms with van der Waals surface area (Å²) < 4.78 is 6.00. The van der Waals surface area contributed by atoms with Crippen LogP contribution in [0.4, 0.5) is 0 Å². The third-order valence-corrected chi connectivity index (χ3v) is 7.54. The molecule has 0 rings (SSSR count). The zero-order valence-electron chi connectivity index (χ0n) is 24.1. The van der Waals surface area contributed by atoms with Gasteiger partial charge in [0.25, 0.3) is 0 Å². The van der Waals surface area contributed by atoms with Crippen molar-refractivity contribution in [2.75, 3.05) is 6.61 Å². The molecule has 0 saturated heterocycles. The van der Waals surface area contributed by atoms with Gasteiger partial charge in [0.1, 0.15) is 0 Å². The van der Waals surface area contributed by atoms with Gasteiger partial charge in [-0.05, 0) is 31.6 Å². The van der Waals surface area contributed by atoms with Crippen LogP contribution in [0.2, 0.25) is 0 Å². The highest BCUT2D eigenvalue weighted by Gasteiger charge is 2.21. The van der Waals surface area contributed by atoms with Crippen molar-refractivity contribution in [3.63, 3.8) is 0 Å². The Bertz CT molecular complexity index is 406. The molecule has 34 heavy (non-hydrogen) atoms. The van der Waals surface area contributed by atoms with Crippen LogP contribution in [0.1, 0.15) is 182 Å². The minimum absolute atomic E-state index is 0.117. The standard InChI is InChI=1S/C32H64O2/c1-5-9-13-16-18-19-21-24-28-31(27-23-20-17-14-10-6-2)32(33)34-29-30(25-12-8-4)26-22-15-11-7-3/h30-31H,5-29H2,1-4H3. The quantitative estimate of drug-likeness (QED) is 0.0862. The van der Waals surface area contributed by atoms with Gasteiger partial charge in [0.15, 0.2) is 0 Å².